The van der Waals surface area contributed by atoms with E-state index in [-0.39, 0.29) is 22.5 Å². The number of hydrogen-bond acceptors (Lipinski definition) is 6. The molecule has 182 valence electrons. The maximum Gasteiger partial charge on any atom is 0.435 e. The third-order valence-corrected chi connectivity index (χ3v) is 9.28. The van der Waals surface area contributed by atoms with Gasteiger partial charge in [-0.1, -0.05) is 19.1 Å². The molecule has 1 aromatic rings. The molecular formula is C23H25F3N4O3S. The maximum absolute atomic E-state index is 14.1. The first-order valence-corrected chi connectivity index (χ1v) is 12.8. The van der Waals surface area contributed by atoms with Gasteiger partial charge in [-0.05, 0) is 50.8 Å². The Hall–Kier alpha value is -2.69. The number of rotatable bonds is 4. The van der Waals surface area contributed by atoms with Crippen LogP contribution in [0, 0.1) is 0 Å². The average Bonchev–Trinajstić information content (AvgIpc) is 3.51. The van der Waals surface area contributed by atoms with E-state index >= 15 is 0 Å². The fourth-order valence-electron chi connectivity index (χ4n) is 5.44. The summed E-state index contributed by atoms with van der Waals surface area (Å²) in [5.74, 6) is -0.490. The van der Waals surface area contributed by atoms with Crippen LogP contribution in [0.15, 0.2) is 61.9 Å². The molecule has 3 heterocycles. The molecule has 1 saturated carbocycles. The van der Waals surface area contributed by atoms with E-state index in [1.54, 1.807) is 13.0 Å². The Labute approximate surface area is 195 Å². The Morgan fingerprint density at radius 2 is 1.91 bits per heavy atom. The molecule has 0 spiro atoms. The minimum atomic E-state index is -4.80. The fourth-order valence-corrected chi connectivity index (χ4v) is 7.14. The topological polar surface area (TPSA) is 100.0 Å². The van der Waals surface area contributed by atoms with Gasteiger partial charge in [0.15, 0.2) is 21.7 Å². The van der Waals surface area contributed by atoms with Gasteiger partial charge in [0.1, 0.15) is 0 Å². The number of allylic oxidation sites excluding steroid dienone is 1. The summed E-state index contributed by atoms with van der Waals surface area (Å²) in [6.45, 7) is 5.35. The normalized spacial score (nSPS) is 28.4. The van der Waals surface area contributed by atoms with Crippen molar-refractivity contribution in [1.29, 1.82) is 0 Å². The van der Waals surface area contributed by atoms with Gasteiger partial charge in [-0.3, -0.25) is 4.79 Å². The number of nitrogens with zero attached hydrogens (tertiary/aromatic N) is 2. The van der Waals surface area contributed by atoms with E-state index < -0.39 is 50.0 Å². The van der Waals surface area contributed by atoms with Gasteiger partial charge in [0.2, 0.25) is 0 Å². The predicted molar refractivity (Wildman–Crippen MR) is 117 cm³/mol. The second kappa shape index (κ2) is 7.16. The van der Waals surface area contributed by atoms with E-state index in [4.69, 9.17) is 0 Å². The summed E-state index contributed by atoms with van der Waals surface area (Å²) in [5.41, 5.74) is -2.51. The molecule has 2 N–H and O–H groups in total. The highest BCUT2D eigenvalue weighted by molar-refractivity contribution is 7.92. The lowest BCUT2D eigenvalue weighted by Gasteiger charge is -2.48. The average molecular weight is 495 g/mol. The Morgan fingerprint density at radius 3 is 2.53 bits per heavy atom. The van der Waals surface area contributed by atoms with Crippen molar-refractivity contribution < 1.29 is 26.4 Å². The molecule has 5 rings (SSSR count). The molecule has 0 bridgehead atoms. The van der Waals surface area contributed by atoms with Gasteiger partial charge in [-0.15, -0.1) is 5.11 Å². The molecule has 4 aliphatic rings. The van der Waals surface area contributed by atoms with E-state index in [9.17, 15) is 26.4 Å². The summed E-state index contributed by atoms with van der Waals surface area (Å²) in [6.07, 6.45) is -4.32. The molecule has 1 aromatic carbocycles. The van der Waals surface area contributed by atoms with Crippen molar-refractivity contribution in [3.63, 3.8) is 0 Å². The van der Waals surface area contributed by atoms with E-state index in [1.165, 1.54) is 18.2 Å². The van der Waals surface area contributed by atoms with Crippen molar-refractivity contribution in [3.05, 3.63) is 52.4 Å². The SMILES string of the molecule is CC[C@@]1(c2cccc(S(=O)(=O)C3CC3)c2)C2=C(CC(C)(C)NC2=O)NC2N=NC(C(F)(F)F)=C21. The van der Waals surface area contributed by atoms with Gasteiger partial charge in [0.25, 0.3) is 5.91 Å². The zero-order valence-corrected chi connectivity index (χ0v) is 19.8. The molecule has 0 saturated heterocycles. The molecular weight excluding hydrogens is 469 g/mol. The fraction of sp³-hybridized carbons (Fsp3) is 0.522. The van der Waals surface area contributed by atoms with Crippen LogP contribution in [0.25, 0.3) is 0 Å². The molecule has 0 aromatic heterocycles. The number of benzene rings is 1. The molecule has 3 aliphatic heterocycles. The lowest BCUT2D eigenvalue weighted by molar-refractivity contribution is -0.120. The Bertz CT molecular complexity index is 1290. The van der Waals surface area contributed by atoms with Crippen molar-refractivity contribution >= 4 is 15.7 Å². The summed E-state index contributed by atoms with van der Waals surface area (Å²) in [4.78, 5) is 13.5. The standard InChI is InChI=1S/C23H25F3N4O3S/c1-4-22(12-6-5-7-14(10-12)34(32,33)13-8-9-13)16-15(11-21(2,3)28-20(16)31)27-19-17(22)18(29-30-19)23(24,25)26/h5-7,10,13,19,27H,4,8-9,11H2,1-3H3,(H,28,31)/t19?,22-/m1/s1. The van der Waals surface area contributed by atoms with Gasteiger partial charge in [0, 0.05) is 23.2 Å². The number of azo groups is 1. The van der Waals surface area contributed by atoms with Crippen molar-refractivity contribution in [1.82, 2.24) is 10.6 Å². The van der Waals surface area contributed by atoms with Gasteiger partial charge in [-0.2, -0.15) is 18.3 Å². The number of carbonyl (C=O) groups excluding carboxylic acids is 1. The van der Waals surface area contributed by atoms with Crippen molar-refractivity contribution in [3.8, 4) is 0 Å². The monoisotopic (exact) mass is 494 g/mol. The van der Waals surface area contributed by atoms with Crippen LogP contribution >= 0.6 is 0 Å². The van der Waals surface area contributed by atoms with Crippen LogP contribution < -0.4 is 10.6 Å². The number of hydrogen-bond donors (Lipinski definition) is 2. The highest BCUT2D eigenvalue weighted by Gasteiger charge is 2.58. The third-order valence-electron chi connectivity index (χ3n) is 7.02. The molecule has 1 fully saturated rings. The Morgan fingerprint density at radius 1 is 1.21 bits per heavy atom. The quantitative estimate of drug-likeness (QED) is 0.660. The first kappa shape index (κ1) is 23.1. The van der Waals surface area contributed by atoms with E-state index in [0.717, 1.165) is 0 Å². The number of carbonyl (C=O) groups is 1. The van der Waals surface area contributed by atoms with Gasteiger partial charge in [-0.25, -0.2) is 8.42 Å². The van der Waals surface area contributed by atoms with Gasteiger partial charge < -0.3 is 10.6 Å². The van der Waals surface area contributed by atoms with Crippen molar-refractivity contribution in [2.75, 3.05) is 0 Å². The molecule has 0 radical (unpaired) electrons. The third kappa shape index (κ3) is 3.30. The van der Waals surface area contributed by atoms with Gasteiger partial charge in [0.05, 0.1) is 21.1 Å². The molecule has 7 nitrogen and oxygen atoms in total. The van der Waals surface area contributed by atoms with E-state index in [2.05, 4.69) is 20.9 Å². The molecule has 2 atom stereocenters. The van der Waals surface area contributed by atoms with Crippen LogP contribution in [0.4, 0.5) is 13.2 Å². The van der Waals surface area contributed by atoms with Crippen LogP contribution in [-0.2, 0) is 20.0 Å². The predicted octanol–water partition coefficient (Wildman–Crippen LogP) is 4.03. The summed E-state index contributed by atoms with van der Waals surface area (Å²) >= 11 is 0. The second-order valence-corrected chi connectivity index (χ2v) is 12.1. The van der Waals surface area contributed by atoms with Crippen LogP contribution in [0.2, 0.25) is 0 Å². The van der Waals surface area contributed by atoms with Crippen LogP contribution in [0.5, 0.6) is 0 Å². The van der Waals surface area contributed by atoms with Crippen molar-refractivity contribution in [2.24, 2.45) is 10.2 Å². The highest BCUT2D eigenvalue weighted by Crippen LogP contribution is 2.55. The summed E-state index contributed by atoms with van der Waals surface area (Å²) in [6, 6.07) is 6.01. The number of amides is 1. The summed E-state index contributed by atoms with van der Waals surface area (Å²) < 4.78 is 68.3. The van der Waals surface area contributed by atoms with E-state index in [0.29, 0.717) is 30.5 Å². The minimum absolute atomic E-state index is 0.0511. The number of sulfone groups is 1. The second-order valence-electron chi connectivity index (χ2n) is 9.92. The number of nitrogens with one attached hydrogen (secondary N) is 2. The lowest BCUT2D eigenvalue weighted by atomic mass is 9.61. The van der Waals surface area contributed by atoms with Crippen molar-refractivity contribution in [2.45, 2.75) is 79.9 Å². The molecule has 1 aliphatic carbocycles. The molecule has 1 unspecified atom stereocenters. The number of alkyl halides is 3. The largest absolute Gasteiger partial charge is 0.435 e. The Balaban J connectivity index is 1.82. The van der Waals surface area contributed by atoms with Gasteiger partial charge >= 0.3 is 6.18 Å². The maximum atomic E-state index is 14.1. The summed E-state index contributed by atoms with van der Waals surface area (Å²) in [7, 11) is -3.60. The lowest BCUT2D eigenvalue weighted by Crippen LogP contribution is -2.58. The minimum Gasteiger partial charge on any atom is -0.362 e. The highest BCUT2D eigenvalue weighted by atomic mass is 32.2. The zero-order chi connectivity index (χ0) is 24.7. The van der Waals surface area contributed by atoms with Crippen LogP contribution in [0.3, 0.4) is 0 Å². The number of fused-ring (bicyclic) bond motifs is 1. The first-order valence-electron chi connectivity index (χ1n) is 11.2. The molecule has 11 heteroatoms. The summed E-state index contributed by atoms with van der Waals surface area (Å²) in [5, 5.41) is 12.8. The smallest absolute Gasteiger partial charge is 0.362 e. The number of halogens is 3. The zero-order valence-electron chi connectivity index (χ0n) is 19.0. The van der Waals surface area contributed by atoms with Crippen LogP contribution in [0.1, 0.15) is 52.0 Å². The molecule has 34 heavy (non-hydrogen) atoms. The first-order chi connectivity index (χ1) is 15.8. The van der Waals surface area contributed by atoms with Crippen LogP contribution in [-0.4, -0.2) is 37.5 Å². The molecule has 1 amide bonds. The Kier molecular flexibility index (Phi) is 4.86. The van der Waals surface area contributed by atoms with E-state index in [1.807, 2.05) is 13.8 Å².